The Balaban J connectivity index is 3.00. The van der Waals surface area contributed by atoms with Crippen LogP contribution >= 0.6 is 0 Å². The molecule has 16 heavy (non-hydrogen) atoms. The van der Waals surface area contributed by atoms with Crippen LogP contribution in [0, 0.1) is 0 Å². The lowest BCUT2D eigenvalue weighted by atomic mass is 10.0. The number of para-hydroxylation sites is 1. The zero-order valence-corrected chi connectivity index (χ0v) is 9.13. The van der Waals surface area contributed by atoms with Gasteiger partial charge in [-0.15, -0.1) is 0 Å². The van der Waals surface area contributed by atoms with Crippen LogP contribution in [0.25, 0.3) is 0 Å². The predicted octanol–water partition coefficient (Wildman–Crippen LogP) is 0.144. The molecule has 1 aromatic carbocycles. The molecule has 2 atom stereocenters. The monoisotopic (exact) mass is 227 g/mol. The number of aromatic hydroxyl groups is 1. The summed E-state index contributed by atoms with van der Waals surface area (Å²) in [5.41, 5.74) is 5.45. The molecule has 0 spiro atoms. The Hall–Kier alpha value is -1.30. The van der Waals surface area contributed by atoms with E-state index in [1.807, 2.05) is 0 Å². The highest BCUT2D eigenvalue weighted by Crippen LogP contribution is 2.34. The second-order valence-electron chi connectivity index (χ2n) is 3.37. The quantitative estimate of drug-likeness (QED) is 0.574. The normalized spacial score (nSPS) is 14.5. The first-order valence-corrected chi connectivity index (χ1v) is 5.12. The fourth-order valence-corrected chi connectivity index (χ4v) is 1.39. The van der Waals surface area contributed by atoms with Crippen LogP contribution in [0.2, 0.25) is 0 Å². The van der Waals surface area contributed by atoms with Gasteiger partial charge in [0.1, 0.15) is 6.10 Å². The number of phenolic OH excluding ortho intramolecular Hbond substituents is 1. The van der Waals surface area contributed by atoms with Gasteiger partial charge in [0.15, 0.2) is 11.5 Å². The van der Waals surface area contributed by atoms with Crippen molar-refractivity contribution in [3.05, 3.63) is 23.8 Å². The number of aliphatic hydroxyl groups is 2. The van der Waals surface area contributed by atoms with Crippen molar-refractivity contribution < 1.29 is 20.1 Å². The van der Waals surface area contributed by atoms with E-state index in [-0.39, 0.29) is 23.6 Å². The first-order chi connectivity index (χ1) is 7.61. The van der Waals surface area contributed by atoms with Crippen LogP contribution in [0.15, 0.2) is 18.2 Å². The summed E-state index contributed by atoms with van der Waals surface area (Å²) in [5.74, 6) is 0.118. The molecule has 1 rings (SSSR count). The predicted molar refractivity (Wildman–Crippen MR) is 59.3 cm³/mol. The minimum absolute atomic E-state index is 0.0839. The lowest BCUT2D eigenvalue weighted by molar-refractivity contribution is 0.0227. The lowest BCUT2D eigenvalue weighted by Gasteiger charge is -2.18. The summed E-state index contributed by atoms with van der Waals surface area (Å²) < 4.78 is 5.17. The standard InChI is InChI=1S/C11H17NO4/c1-2-16-9-5-3-4-7(11(9)15)10(14)8(13)6-12/h3-5,8,10,13-15H,2,6,12H2,1H3. The summed E-state index contributed by atoms with van der Waals surface area (Å²) in [4.78, 5) is 0. The molecule has 5 nitrogen and oxygen atoms in total. The van der Waals surface area contributed by atoms with Crippen molar-refractivity contribution in [3.63, 3.8) is 0 Å². The number of ether oxygens (including phenoxy) is 1. The third-order valence-corrected chi connectivity index (χ3v) is 2.25. The second-order valence-corrected chi connectivity index (χ2v) is 3.37. The molecule has 0 aliphatic rings. The van der Waals surface area contributed by atoms with E-state index in [1.165, 1.54) is 6.07 Å². The molecule has 0 aliphatic carbocycles. The van der Waals surface area contributed by atoms with Crippen molar-refractivity contribution in [3.8, 4) is 11.5 Å². The van der Waals surface area contributed by atoms with Crippen LogP contribution < -0.4 is 10.5 Å². The maximum absolute atomic E-state index is 9.80. The van der Waals surface area contributed by atoms with Gasteiger partial charge in [-0.25, -0.2) is 0 Å². The number of nitrogens with two attached hydrogens (primary N) is 1. The third kappa shape index (κ3) is 2.63. The molecule has 0 radical (unpaired) electrons. The molecule has 0 aromatic heterocycles. The molecule has 2 unspecified atom stereocenters. The van der Waals surface area contributed by atoms with Crippen molar-refractivity contribution in [2.45, 2.75) is 19.1 Å². The SMILES string of the molecule is CCOc1cccc(C(O)C(O)CN)c1O. The smallest absolute Gasteiger partial charge is 0.163 e. The van der Waals surface area contributed by atoms with Crippen LogP contribution in [0.1, 0.15) is 18.6 Å². The molecule has 5 heteroatoms. The molecule has 0 aliphatic heterocycles. The molecule has 0 saturated carbocycles. The van der Waals surface area contributed by atoms with E-state index in [9.17, 15) is 15.3 Å². The van der Waals surface area contributed by atoms with Crippen molar-refractivity contribution >= 4 is 0 Å². The number of phenols is 1. The molecule has 90 valence electrons. The van der Waals surface area contributed by atoms with Gasteiger partial charge >= 0.3 is 0 Å². The second kappa shape index (κ2) is 5.69. The summed E-state index contributed by atoms with van der Waals surface area (Å²) in [6.45, 7) is 2.11. The zero-order chi connectivity index (χ0) is 12.1. The Labute approximate surface area is 94.1 Å². The van der Waals surface area contributed by atoms with Gasteiger partial charge in [0.2, 0.25) is 0 Å². The van der Waals surface area contributed by atoms with Gasteiger partial charge in [-0.1, -0.05) is 12.1 Å². The zero-order valence-electron chi connectivity index (χ0n) is 9.13. The van der Waals surface area contributed by atoms with E-state index in [0.717, 1.165) is 0 Å². The van der Waals surface area contributed by atoms with E-state index in [0.29, 0.717) is 6.61 Å². The number of benzene rings is 1. The molecule has 0 fully saturated rings. The third-order valence-electron chi connectivity index (χ3n) is 2.25. The van der Waals surface area contributed by atoms with Gasteiger partial charge < -0.3 is 25.8 Å². The maximum atomic E-state index is 9.80. The van der Waals surface area contributed by atoms with Crippen LogP contribution in [0.3, 0.4) is 0 Å². The minimum Gasteiger partial charge on any atom is -0.504 e. The molecule has 5 N–H and O–H groups in total. The number of rotatable bonds is 5. The van der Waals surface area contributed by atoms with Gasteiger partial charge in [-0.05, 0) is 13.0 Å². The van der Waals surface area contributed by atoms with Gasteiger partial charge in [-0.3, -0.25) is 0 Å². The molecular formula is C11H17NO4. The van der Waals surface area contributed by atoms with Crippen LogP contribution in [0.4, 0.5) is 0 Å². The van der Waals surface area contributed by atoms with Crippen molar-refractivity contribution in [2.24, 2.45) is 5.73 Å². The largest absolute Gasteiger partial charge is 0.504 e. The van der Waals surface area contributed by atoms with Crippen molar-refractivity contribution in [1.82, 2.24) is 0 Å². The molecule has 0 amide bonds. The molecule has 0 saturated heterocycles. The van der Waals surface area contributed by atoms with Crippen molar-refractivity contribution in [2.75, 3.05) is 13.2 Å². The Morgan fingerprint density at radius 2 is 2.06 bits per heavy atom. The summed E-state index contributed by atoms with van der Waals surface area (Å²) in [5, 5.41) is 28.9. The molecule has 0 bridgehead atoms. The Kier molecular flexibility index (Phi) is 4.54. The molecule has 0 heterocycles. The highest BCUT2D eigenvalue weighted by molar-refractivity contribution is 5.46. The van der Waals surface area contributed by atoms with E-state index in [2.05, 4.69) is 0 Å². The Bertz CT molecular complexity index is 343. The van der Waals surface area contributed by atoms with Crippen LogP contribution in [0.5, 0.6) is 11.5 Å². The summed E-state index contributed by atoms with van der Waals surface area (Å²) >= 11 is 0. The first-order valence-electron chi connectivity index (χ1n) is 5.12. The van der Waals surface area contributed by atoms with E-state index in [1.54, 1.807) is 19.1 Å². The average Bonchev–Trinajstić information content (AvgIpc) is 2.30. The first kappa shape index (κ1) is 12.8. The fourth-order valence-electron chi connectivity index (χ4n) is 1.39. The van der Waals surface area contributed by atoms with E-state index < -0.39 is 12.2 Å². The highest BCUT2D eigenvalue weighted by atomic mass is 16.5. The number of aliphatic hydroxyl groups excluding tert-OH is 2. The molecule has 1 aromatic rings. The summed E-state index contributed by atoms with van der Waals surface area (Å²) in [7, 11) is 0. The highest BCUT2D eigenvalue weighted by Gasteiger charge is 2.21. The topological polar surface area (TPSA) is 95.9 Å². The fraction of sp³-hybridized carbons (Fsp3) is 0.455. The van der Waals surface area contributed by atoms with Crippen LogP contribution in [-0.4, -0.2) is 34.6 Å². The minimum atomic E-state index is -1.22. The molecular weight excluding hydrogens is 210 g/mol. The number of hydrogen-bond donors (Lipinski definition) is 4. The van der Waals surface area contributed by atoms with Gasteiger partial charge in [-0.2, -0.15) is 0 Å². The van der Waals surface area contributed by atoms with Crippen LogP contribution in [-0.2, 0) is 0 Å². The van der Waals surface area contributed by atoms with Gasteiger partial charge in [0.25, 0.3) is 0 Å². The van der Waals surface area contributed by atoms with E-state index in [4.69, 9.17) is 10.5 Å². The Morgan fingerprint density at radius 1 is 1.38 bits per heavy atom. The average molecular weight is 227 g/mol. The van der Waals surface area contributed by atoms with Gasteiger partial charge in [0.05, 0.1) is 12.7 Å². The van der Waals surface area contributed by atoms with Gasteiger partial charge in [0, 0.05) is 12.1 Å². The summed E-state index contributed by atoms with van der Waals surface area (Å²) in [6.07, 6.45) is -2.33. The van der Waals surface area contributed by atoms with E-state index >= 15 is 0 Å². The maximum Gasteiger partial charge on any atom is 0.163 e. The van der Waals surface area contributed by atoms with Crippen molar-refractivity contribution in [1.29, 1.82) is 0 Å². The Morgan fingerprint density at radius 3 is 2.62 bits per heavy atom. The summed E-state index contributed by atoms with van der Waals surface area (Å²) in [6, 6.07) is 4.73. The lowest BCUT2D eigenvalue weighted by Crippen LogP contribution is -2.27. The number of hydrogen-bond acceptors (Lipinski definition) is 5.